The van der Waals surface area contributed by atoms with E-state index >= 15 is 0 Å². The Bertz CT molecular complexity index is 1140. The van der Waals surface area contributed by atoms with Crippen LogP contribution in [-0.2, 0) is 9.53 Å². The highest BCUT2D eigenvalue weighted by molar-refractivity contribution is 7.80. The number of carbonyl (C=O) groups excluding carboxylic acids is 2. The van der Waals surface area contributed by atoms with Crippen LogP contribution in [0.2, 0.25) is 0 Å². The van der Waals surface area contributed by atoms with E-state index in [1.54, 1.807) is 36.2 Å². The van der Waals surface area contributed by atoms with Gasteiger partial charge in [0.2, 0.25) is 0 Å². The van der Waals surface area contributed by atoms with E-state index in [0.717, 1.165) is 5.56 Å². The summed E-state index contributed by atoms with van der Waals surface area (Å²) >= 11 is 5.48. The number of hydrogen-bond acceptors (Lipinski definition) is 6. The molecule has 0 fully saturated rings. The molecule has 0 radical (unpaired) electrons. The van der Waals surface area contributed by atoms with Gasteiger partial charge in [-0.1, -0.05) is 26.0 Å². The normalized spacial score (nSPS) is 15.6. The molecule has 0 aromatic heterocycles. The smallest absolute Gasteiger partial charge is 0.338 e. The molecule has 0 bridgehead atoms. The van der Waals surface area contributed by atoms with Crippen LogP contribution in [0.25, 0.3) is 0 Å². The van der Waals surface area contributed by atoms with Gasteiger partial charge in [-0.2, -0.15) is 0 Å². The zero-order valence-corrected chi connectivity index (χ0v) is 21.6. The fraction of sp³-hybridized carbons (Fsp3) is 0.346. The second-order valence-electron chi connectivity index (χ2n) is 8.61. The number of benzene rings is 2. The predicted octanol–water partition coefficient (Wildman–Crippen LogP) is 4.29. The van der Waals surface area contributed by atoms with E-state index in [4.69, 9.17) is 26.4 Å². The molecule has 1 atom stereocenters. The number of allylic oxidation sites excluding steroid dienone is 1. The summed E-state index contributed by atoms with van der Waals surface area (Å²) in [6.07, 6.45) is 0. The van der Waals surface area contributed by atoms with Crippen LogP contribution in [0.1, 0.15) is 42.7 Å². The molecule has 1 aliphatic rings. The number of methoxy groups -OCH3 is 2. The quantitative estimate of drug-likeness (QED) is 0.413. The maximum atomic E-state index is 13.0. The van der Waals surface area contributed by atoms with Gasteiger partial charge in [-0.05, 0) is 54.9 Å². The highest BCUT2D eigenvalue weighted by Crippen LogP contribution is 2.32. The average molecular weight is 498 g/mol. The molecule has 8 nitrogen and oxygen atoms in total. The van der Waals surface area contributed by atoms with Crippen molar-refractivity contribution < 1.29 is 23.8 Å². The molecular formula is C26H31N3O5S. The Labute approximate surface area is 211 Å². The van der Waals surface area contributed by atoms with E-state index in [-0.39, 0.29) is 11.8 Å². The summed E-state index contributed by atoms with van der Waals surface area (Å²) in [7, 11) is 4.85. The molecule has 35 heavy (non-hydrogen) atoms. The van der Waals surface area contributed by atoms with Crippen molar-refractivity contribution >= 4 is 34.9 Å². The Morgan fingerprint density at radius 3 is 2.37 bits per heavy atom. The number of anilines is 1. The van der Waals surface area contributed by atoms with Crippen LogP contribution < -0.4 is 20.1 Å². The van der Waals surface area contributed by atoms with Crippen LogP contribution in [0.5, 0.6) is 11.5 Å². The minimum atomic E-state index is -0.521. The number of nitrogens with one attached hydrogen (secondary N) is 2. The van der Waals surface area contributed by atoms with E-state index in [9.17, 15) is 9.59 Å². The van der Waals surface area contributed by atoms with Crippen LogP contribution in [0.4, 0.5) is 5.69 Å². The van der Waals surface area contributed by atoms with Crippen molar-refractivity contribution in [2.75, 3.05) is 33.2 Å². The third-order valence-electron chi connectivity index (χ3n) is 5.61. The molecule has 0 spiro atoms. The first-order valence-electron chi connectivity index (χ1n) is 11.2. The van der Waals surface area contributed by atoms with Crippen molar-refractivity contribution in [3.8, 4) is 11.5 Å². The van der Waals surface area contributed by atoms with Gasteiger partial charge in [0.25, 0.3) is 5.91 Å². The Hall–Kier alpha value is -3.59. The predicted molar refractivity (Wildman–Crippen MR) is 139 cm³/mol. The van der Waals surface area contributed by atoms with E-state index in [1.165, 1.54) is 14.2 Å². The van der Waals surface area contributed by atoms with Gasteiger partial charge in [-0.3, -0.25) is 4.79 Å². The molecule has 3 rings (SSSR count). The molecule has 9 heteroatoms. The third-order valence-corrected chi connectivity index (χ3v) is 6.00. The molecule has 0 saturated carbocycles. The summed E-state index contributed by atoms with van der Waals surface area (Å²) in [6, 6.07) is 11.7. The number of thiocarbonyl (C=S) groups is 1. The van der Waals surface area contributed by atoms with Gasteiger partial charge in [0, 0.05) is 30.1 Å². The summed E-state index contributed by atoms with van der Waals surface area (Å²) in [5, 5.41) is 6.62. The van der Waals surface area contributed by atoms with E-state index < -0.39 is 12.0 Å². The highest BCUT2D eigenvalue weighted by Gasteiger charge is 2.33. The lowest BCUT2D eigenvalue weighted by Gasteiger charge is -2.35. The third kappa shape index (κ3) is 6.10. The van der Waals surface area contributed by atoms with Crippen molar-refractivity contribution in [2.45, 2.75) is 26.8 Å². The standard InChI is InChI=1S/C26H31N3O5S/c1-15(2)14-34-25(31)22-16(3)29(4)26(35)28-23(22)17-8-7-9-19(10-17)27-24(30)18-11-20(32-5)13-21(12-18)33-6/h7-13,15,23H,14H2,1-6H3,(H,27,30)(H,28,35). The molecule has 2 aromatic rings. The molecule has 1 heterocycles. The number of hydrogen-bond donors (Lipinski definition) is 2. The van der Waals surface area contributed by atoms with Crippen LogP contribution in [0.15, 0.2) is 53.7 Å². The van der Waals surface area contributed by atoms with Gasteiger partial charge in [-0.25, -0.2) is 4.79 Å². The average Bonchev–Trinajstić information content (AvgIpc) is 2.85. The van der Waals surface area contributed by atoms with Crippen molar-refractivity contribution in [2.24, 2.45) is 5.92 Å². The Morgan fingerprint density at radius 1 is 1.11 bits per heavy atom. The van der Waals surface area contributed by atoms with E-state index in [2.05, 4.69) is 10.6 Å². The lowest BCUT2D eigenvalue weighted by molar-refractivity contribution is -0.140. The van der Waals surface area contributed by atoms with Gasteiger partial charge >= 0.3 is 5.97 Å². The van der Waals surface area contributed by atoms with Crippen LogP contribution in [0.3, 0.4) is 0 Å². The molecule has 0 aliphatic carbocycles. The number of amides is 1. The number of carbonyl (C=O) groups is 2. The van der Waals surface area contributed by atoms with Gasteiger partial charge in [0.05, 0.1) is 32.4 Å². The monoisotopic (exact) mass is 497 g/mol. The second kappa shape index (κ2) is 11.2. The molecule has 0 saturated heterocycles. The maximum Gasteiger partial charge on any atom is 0.338 e. The van der Waals surface area contributed by atoms with Crippen molar-refractivity contribution in [1.82, 2.24) is 10.2 Å². The topological polar surface area (TPSA) is 89.1 Å². The molecule has 2 N–H and O–H groups in total. The zero-order chi connectivity index (χ0) is 25.7. The fourth-order valence-corrected chi connectivity index (χ4v) is 3.86. The molecule has 186 valence electrons. The van der Waals surface area contributed by atoms with Crippen molar-refractivity contribution in [1.29, 1.82) is 0 Å². The lowest BCUT2D eigenvalue weighted by atomic mass is 9.94. The summed E-state index contributed by atoms with van der Waals surface area (Å²) in [4.78, 5) is 27.7. The van der Waals surface area contributed by atoms with Crippen LogP contribution in [0, 0.1) is 5.92 Å². The Kier molecular flexibility index (Phi) is 8.34. The van der Waals surface area contributed by atoms with Gasteiger partial charge in [-0.15, -0.1) is 0 Å². The van der Waals surface area contributed by atoms with Crippen LogP contribution >= 0.6 is 12.2 Å². The van der Waals surface area contributed by atoms with E-state index in [1.807, 2.05) is 39.0 Å². The number of rotatable bonds is 8. The second-order valence-corrected chi connectivity index (χ2v) is 9.00. The first-order chi connectivity index (χ1) is 16.6. The van der Waals surface area contributed by atoms with Crippen molar-refractivity contribution in [3.63, 3.8) is 0 Å². The summed E-state index contributed by atoms with van der Waals surface area (Å²) in [5.74, 6) is 0.507. The minimum absolute atomic E-state index is 0.211. The number of ether oxygens (including phenoxy) is 3. The fourth-order valence-electron chi connectivity index (χ4n) is 3.61. The summed E-state index contributed by atoms with van der Waals surface area (Å²) < 4.78 is 16.1. The van der Waals surface area contributed by atoms with Gasteiger partial charge < -0.3 is 29.7 Å². The number of nitrogens with zero attached hydrogens (tertiary/aromatic N) is 1. The van der Waals surface area contributed by atoms with Gasteiger partial charge in [0.1, 0.15) is 11.5 Å². The molecule has 1 unspecified atom stereocenters. The largest absolute Gasteiger partial charge is 0.497 e. The van der Waals surface area contributed by atoms with Crippen LogP contribution in [-0.4, -0.2) is 49.8 Å². The Balaban J connectivity index is 1.91. The molecular weight excluding hydrogens is 466 g/mol. The lowest BCUT2D eigenvalue weighted by Crippen LogP contribution is -2.46. The zero-order valence-electron chi connectivity index (χ0n) is 20.8. The maximum absolute atomic E-state index is 13.0. The molecule has 2 aromatic carbocycles. The minimum Gasteiger partial charge on any atom is -0.497 e. The highest BCUT2D eigenvalue weighted by atomic mass is 32.1. The van der Waals surface area contributed by atoms with Crippen molar-refractivity contribution in [3.05, 3.63) is 64.9 Å². The first kappa shape index (κ1) is 26.0. The number of esters is 1. The molecule has 1 aliphatic heterocycles. The van der Waals surface area contributed by atoms with Gasteiger partial charge in [0.15, 0.2) is 5.11 Å². The van der Waals surface area contributed by atoms with E-state index in [0.29, 0.717) is 45.7 Å². The first-order valence-corrected chi connectivity index (χ1v) is 11.6. The SMILES string of the molecule is COc1cc(OC)cc(C(=O)Nc2cccc(C3NC(=S)N(C)C(C)=C3C(=O)OCC(C)C)c2)c1. The summed E-state index contributed by atoms with van der Waals surface area (Å²) in [6.45, 7) is 6.12. The molecule has 1 amide bonds. The summed E-state index contributed by atoms with van der Waals surface area (Å²) in [5.41, 5.74) is 2.90. The Morgan fingerprint density at radius 2 is 1.77 bits per heavy atom.